The van der Waals surface area contributed by atoms with E-state index in [0.29, 0.717) is 32.2 Å². The Bertz CT molecular complexity index is 992. The van der Waals surface area contributed by atoms with E-state index >= 15 is 0 Å². The molecule has 9 nitrogen and oxygen atoms in total. The van der Waals surface area contributed by atoms with Gasteiger partial charge in [0.25, 0.3) is 0 Å². The number of morpholine rings is 1. The Hall–Kier alpha value is -2.68. The van der Waals surface area contributed by atoms with Crippen LogP contribution in [0.3, 0.4) is 0 Å². The molecule has 1 aliphatic carbocycles. The number of hydrogen-bond donors (Lipinski definition) is 1. The highest BCUT2D eigenvalue weighted by molar-refractivity contribution is 5.74. The zero-order valence-electron chi connectivity index (χ0n) is 15.9. The molecule has 0 spiro atoms. The minimum atomic E-state index is -0.230. The Kier molecular flexibility index (Phi) is 4.38. The van der Waals surface area contributed by atoms with Crippen molar-refractivity contribution in [3.63, 3.8) is 0 Å². The summed E-state index contributed by atoms with van der Waals surface area (Å²) in [5.41, 5.74) is 2.53. The van der Waals surface area contributed by atoms with Crippen LogP contribution >= 0.6 is 0 Å². The van der Waals surface area contributed by atoms with Crippen molar-refractivity contribution in [1.29, 1.82) is 0 Å². The molecule has 2 aliphatic rings. The summed E-state index contributed by atoms with van der Waals surface area (Å²) in [5.74, 6) is 1.53. The predicted molar refractivity (Wildman–Crippen MR) is 101 cm³/mol. The van der Waals surface area contributed by atoms with Gasteiger partial charge in [-0.2, -0.15) is 0 Å². The third kappa shape index (κ3) is 2.90. The lowest BCUT2D eigenvalue weighted by Gasteiger charge is -2.27. The van der Waals surface area contributed by atoms with Crippen molar-refractivity contribution in [2.45, 2.75) is 38.2 Å². The number of amides is 1. The quantitative estimate of drug-likeness (QED) is 0.744. The van der Waals surface area contributed by atoms with E-state index in [1.807, 2.05) is 12.3 Å². The van der Waals surface area contributed by atoms with Crippen LogP contribution in [-0.2, 0) is 9.47 Å². The van der Waals surface area contributed by atoms with Crippen molar-refractivity contribution < 1.29 is 14.3 Å². The molecule has 1 saturated heterocycles. The third-order valence-electron chi connectivity index (χ3n) is 6.01. The Labute approximate surface area is 162 Å². The summed E-state index contributed by atoms with van der Waals surface area (Å²) in [4.78, 5) is 21.8. The van der Waals surface area contributed by atoms with Crippen LogP contribution in [0.15, 0.2) is 18.5 Å². The van der Waals surface area contributed by atoms with Crippen LogP contribution in [0.2, 0.25) is 0 Å². The van der Waals surface area contributed by atoms with E-state index in [2.05, 4.69) is 31.5 Å². The Morgan fingerprint density at radius 3 is 3.00 bits per heavy atom. The van der Waals surface area contributed by atoms with Gasteiger partial charge in [-0.3, -0.25) is 4.40 Å². The molecule has 3 aromatic heterocycles. The molecule has 1 amide bonds. The molecule has 0 unspecified atom stereocenters. The molecule has 4 heterocycles. The molecule has 0 bridgehead atoms. The number of aromatic nitrogens is 5. The van der Waals surface area contributed by atoms with Gasteiger partial charge < -0.3 is 19.4 Å². The van der Waals surface area contributed by atoms with Crippen molar-refractivity contribution in [3.8, 4) is 0 Å². The van der Waals surface area contributed by atoms with Crippen LogP contribution < -0.4 is 0 Å². The maximum Gasteiger partial charge on any atom is 0.410 e. The van der Waals surface area contributed by atoms with Crippen molar-refractivity contribution in [3.05, 3.63) is 24.3 Å². The first kappa shape index (κ1) is 17.4. The minimum absolute atomic E-state index is 0.0961. The summed E-state index contributed by atoms with van der Waals surface area (Å²) < 4.78 is 13.2. The number of fused-ring (bicyclic) bond motifs is 3. The van der Waals surface area contributed by atoms with Gasteiger partial charge in [0.05, 0.1) is 24.9 Å². The molecule has 0 radical (unpaired) electrons. The Morgan fingerprint density at radius 2 is 2.18 bits per heavy atom. The standard InChI is InChI=1S/C19H24N6O3/c1-2-12-9-13(28-19(26)24-5-7-27-8-6-24)10-14(12)18-23-22-16-11-21-17-15(25(16)18)3-4-20-17/h3-4,11-14,20H,2,5-10H2,1H3/t12-,13+,14+/m1/s1. The minimum Gasteiger partial charge on any atom is -0.446 e. The highest BCUT2D eigenvalue weighted by Gasteiger charge is 2.39. The maximum atomic E-state index is 12.5. The number of H-pyrrole nitrogens is 1. The largest absolute Gasteiger partial charge is 0.446 e. The van der Waals surface area contributed by atoms with Gasteiger partial charge in [-0.1, -0.05) is 13.3 Å². The molecule has 0 aromatic carbocycles. The Morgan fingerprint density at radius 1 is 1.32 bits per heavy atom. The Balaban J connectivity index is 1.40. The molecule has 3 atom stereocenters. The van der Waals surface area contributed by atoms with Crippen LogP contribution in [0, 0.1) is 5.92 Å². The second-order valence-electron chi connectivity index (χ2n) is 7.57. The zero-order chi connectivity index (χ0) is 19.1. The highest BCUT2D eigenvalue weighted by atomic mass is 16.6. The monoisotopic (exact) mass is 384 g/mol. The molecule has 1 N–H and O–H groups in total. The smallest absolute Gasteiger partial charge is 0.410 e. The van der Waals surface area contributed by atoms with Gasteiger partial charge in [0.15, 0.2) is 11.3 Å². The molecule has 2 fully saturated rings. The number of nitrogens with one attached hydrogen (secondary N) is 1. The SMILES string of the molecule is CC[C@@H]1C[C@H](OC(=O)N2CCOCC2)C[C@@H]1c1nnc2cnc3[nH]ccc3n12. The number of aromatic amines is 1. The van der Waals surface area contributed by atoms with Gasteiger partial charge in [0.1, 0.15) is 11.9 Å². The summed E-state index contributed by atoms with van der Waals surface area (Å²) in [6.07, 6.45) is 5.92. The van der Waals surface area contributed by atoms with Crippen LogP contribution in [0.1, 0.15) is 37.9 Å². The average molecular weight is 384 g/mol. The second kappa shape index (κ2) is 7.05. The number of nitrogens with zero attached hydrogens (tertiary/aromatic N) is 5. The van der Waals surface area contributed by atoms with Crippen LogP contribution in [-0.4, -0.2) is 68.0 Å². The fourth-order valence-corrected chi connectivity index (χ4v) is 4.54. The van der Waals surface area contributed by atoms with E-state index < -0.39 is 0 Å². The van der Waals surface area contributed by atoms with Gasteiger partial charge in [0, 0.05) is 25.2 Å². The van der Waals surface area contributed by atoms with Gasteiger partial charge in [-0.15, -0.1) is 10.2 Å². The number of hydrogen-bond acceptors (Lipinski definition) is 6. The number of rotatable bonds is 3. The molecule has 9 heteroatoms. The fourth-order valence-electron chi connectivity index (χ4n) is 4.54. The zero-order valence-corrected chi connectivity index (χ0v) is 15.9. The highest BCUT2D eigenvalue weighted by Crippen LogP contribution is 2.42. The lowest BCUT2D eigenvalue weighted by molar-refractivity contribution is 0.0129. The summed E-state index contributed by atoms with van der Waals surface area (Å²) in [5, 5.41) is 8.83. The van der Waals surface area contributed by atoms with Gasteiger partial charge in [0.2, 0.25) is 0 Å². The summed E-state index contributed by atoms with van der Waals surface area (Å²) in [6, 6.07) is 1.99. The summed E-state index contributed by atoms with van der Waals surface area (Å²) in [6.45, 7) is 4.53. The predicted octanol–water partition coefficient (Wildman–Crippen LogP) is 2.35. The van der Waals surface area contributed by atoms with E-state index in [9.17, 15) is 4.79 Å². The summed E-state index contributed by atoms with van der Waals surface area (Å²) in [7, 11) is 0. The van der Waals surface area contributed by atoms with E-state index in [4.69, 9.17) is 9.47 Å². The van der Waals surface area contributed by atoms with Gasteiger partial charge in [-0.25, -0.2) is 9.78 Å². The van der Waals surface area contributed by atoms with E-state index in [0.717, 1.165) is 41.9 Å². The maximum absolute atomic E-state index is 12.5. The van der Waals surface area contributed by atoms with Crippen molar-refractivity contribution >= 4 is 22.9 Å². The van der Waals surface area contributed by atoms with Crippen LogP contribution in [0.4, 0.5) is 4.79 Å². The van der Waals surface area contributed by atoms with Crippen molar-refractivity contribution in [2.24, 2.45) is 5.92 Å². The first-order valence-electron chi connectivity index (χ1n) is 9.95. The fraction of sp³-hybridized carbons (Fsp3) is 0.579. The van der Waals surface area contributed by atoms with Crippen LogP contribution in [0.5, 0.6) is 0 Å². The van der Waals surface area contributed by atoms with Crippen molar-refractivity contribution in [2.75, 3.05) is 26.3 Å². The molecular formula is C19H24N6O3. The topological polar surface area (TPSA) is 97.6 Å². The number of carbonyl (C=O) groups is 1. The van der Waals surface area contributed by atoms with E-state index in [1.54, 1.807) is 11.1 Å². The first-order valence-corrected chi connectivity index (χ1v) is 9.95. The molecule has 1 saturated carbocycles. The van der Waals surface area contributed by atoms with Crippen molar-refractivity contribution in [1.82, 2.24) is 29.5 Å². The molecule has 28 heavy (non-hydrogen) atoms. The first-order chi connectivity index (χ1) is 13.7. The molecular weight excluding hydrogens is 360 g/mol. The van der Waals surface area contributed by atoms with Crippen LogP contribution in [0.25, 0.3) is 16.8 Å². The van der Waals surface area contributed by atoms with Gasteiger partial charge in [-0.05, 0) is 24.8 Å². The third-order valence-corrected chi connectivity index (χ3v) is 6.01. The lowest BCUT2D eigenvalue weighted by Crippen LogP contribution is -2.42. The van der Waals surface area contributed by atoms with E-state index in [-0.39, 0.29) is 18.1 Å². The molecule has 1 aliphatic heterocycles. The normalized spacial score (nSPS) is 25.6. The van der Waals surface area contributed by atoms with Gasteiger partial charge >= 0.3 is 6.09 Å². The number of ether oxygens (including phenoxy) is 2. The second-order valence-corrected chi connectivity index (χ2v) is 7.57. The average Bonchev–Trinajstić information content (AvgIpc) is 3.45. The lowest BCUT2D eigenvalue weighted by atomic mass is 9.93. The summed E-state index contributed by atoms with van der Waals surface area (Å²) >= 11 is 0. The molecule has 148 valence electrons. The molecule has 5 rings (SSSR count). The van der Waals surface area contributed by atoms with E-state index in [1.165, 1.54) is 0 Å². The number of carbonyl (C=O) groups excluding carboxylic acids is 1. The molecule has 3 aromatic rings.